The van der Waals surface area contributed by atoms with Gasteiger partial charge in [0, 0.05) is 54.8 Å². The molecule has 13 aromatic rings. The summed E-state index contributed by atoms with van der Waals surface area (Å²) in [7, 11) is 0. The van der Waals surface area contributed by atoms with Crippen LogP contribution in [-0.2, 0) is 0 Å². The van der Waals surface area contributed by atoms with Gasteiger partial charge in [0.1, 0.15) is 11.2 Å². The van der Waals surface area contributed by atoms with Crippen LogP contribution in [0.5, 0.6) is 0 Å². The fourth-order valence-corrected chi connectivity index (χ4v) is 9.51. The van der Waals surface area contributed by atoms with E-state index in [4.69, 9.17) is 19.4 Å². The van der Waals surface area contributed by atoms with Gasteiger partial charge in [0.25, 0.3) is 0 Å². The Morgan fingerprint density at radius 1 is 0.302 bits per heavy atom. The Morgan fingerprint density at radius 3 is 1.51 bits per heavy atom. The lowest BCUT2D eigenvalue weighted by Crippen LogP contribution is -2.02. The lowest BCUT2D eigenvalue weighted by molar-refractivity contribution is 0.669. The van der Waals surface area contributed by atoms with E-state index in [2.05, 4.69) is 161 Å². The van der Waals surface area contributed by atoms with Crippen LogP contribution in [0.4, 0.5) is 0 Å². The third-order valence-corrected chi connectivity index (χ3v) is 12.3. The van der Waals surface area contributed by atoms with Crippen molar-refractivity contribution in [2.24, 2.45) is 0 Å². The summed E-state index contributed by atoms with van der Waals surface area (Å²) in [6.07, 6.45) is 0. The summed E-state index contributed by atoms with van der Waals surface area (Å²) in [6, 6.07) is 74.6. The minimum Gasteiger partial charge on any atom is -0.455 e. The summed E-state index contributed by atoms with van der Waals surface area (Å²) in [6.45, 7) is 0. The number of hydrogen-bond donors (Lipinski definition) is 0. The third-order valence-electron chi connectivity index (χ3n) is 12.3. The SMILES string of the molecule is c1ccc(-c2cc(-c3nc(-c4ccccc4)nc(-c4cccc5c4oc4ccccc45)n3)cc(-n3c4ccccc4c4cc(-n5c6ccccc6c6ccccc65)ccc43)c2)cc1. The van der Waals surface area contributed by atoms with E-state index in [-0.39, 0.29) is 0 Å². The first-order valence-electron chi connectivity index (χ1n) is 21.2. The summed E-state index contributed by atoms with van der Waals surface area (Å²) >= 11 is 0. The minimum absolute atomic E-state index is 0.546. The molecule has 0 aliphatic heterocycles. The molecule has 4 aromatic heterocycles. The Bertz CT molecular complexity index is 3860. The zero-order chi connectivity index (χ0) is 41.4. The van der Waals surface area contributed by atoms with Gasteiger partial charge in [0.2, 0.25) is 0 Å². The van der Waals surface area contributed by atoms with Crippen molar-refractivity contribution >= 4 is 65.6 Å². The van der Waals surface area contributed by atoms with E-state index < -0.39 is 0 Å². The standard InChI is InChI=1S/C57H35N5O/c1-3-16-36(17-4-1)38-32-39(56-58-55(37-18-5-2-6-19-37)59-57(60-56)47-25-15-24-46-45-23-10-14-29-53(45)63-54(46)47)34-41(33-38)62-51-28-13-9-22-44(51)48-35-40(30-31-52(48)62)61-49-26-11-7-20-42(49)43-21-8-12-27-50(43)61/h1-35H. The van der Waals surface area contributed by atoms with Gasteiger partial charge in [-0.1, -0.05) is 146 Å². The molecule has 0 aliphatic carbocycles. The Labute approximate surface area is 361 Å². The summed E-state index contributed by atoms with van der Waals surface area (Å²) in [5.41, 5.74) is 13.0. The molecule has 6 nitrogen and oxygen atoms in total. The average molecular weight is 806 g/mol. The van der Waals surface area contributed by atoms with Crippen molar-refractivity contribution in [3.8, 4) is 56.7 Å². The number of fused-ring (bicyclic) bond motifs is 9. The lowest BCUT2D eigenvalue weighted by atomic mass is 10.0. The Morgan fingerprint density at radius 2 is 0.810 bits per heavy atom. The fourth-order valence-electron chi connectivity index (χ4n) is 9.51. The predicted octanol–water partition coefficient (Wildman–Crippen LogP) is 14.6. The second-order valence-corrected chi connectivity index (χ2v) is 16.0. The Hall–Kier alpha value is -8.61. The third kappa shape index (κ3) is 5.62. The molecule has 63 heavy (non-hydrogen) atoms. The predicted molar refractivity (Wildman–Crippen MR) is 258 cm³/mol. The number of benzene rings is 9. The maximum absolute atomic E-state index is 6.52. The number of para-hydroxylation sites is 5. The molecule has 0 unspecified atom stereocenters. The highest BCUT2D eigenvalue weighted by Gasteiger charge is 2.21. The smallest absolute Gasteiger partial charge is 0.167 e. The number of aromatic nitrogens is 5. The maximum Gasteiger partial charge on any atom is 0.167 e. The Kier molecular flexibility index (Phi) is 7.80. The lowest BCUT2D eigenvalue weighted by Gasteiger charge is -2.15. The van der Waals surface area contributed by atoms with Gasteiger partial charge in [-0.25, -0.2) is 15.0 Å². The largest absolute Gasteiger partial charge is 0.455 e. The van der Waals surface area contributed by atoms with Crippen molar-refractivity contribution in [3.63, 3.8) is 0 Å². The van der Waals surface area contributed by atoms with Crippen LogP contribution >= 0.6 is 0 Å². The van der Waals surface area contributed by atoms with E-state index in [1.807, 2.05) is 60.7 Å². The first-order valence-corrected chi connectivity index (χ1v) is 21.2. The molecule has 9 aromatic carbocycles. The first kappa shape index (κ1) is 35.2. The van der Waals surface area contributed by atoms with Gasteiger partial charge in [0.15, 0.2) is 17.5 Å². The van der Waals surface area contributed by atoms with Gasteiger partial charge >= 0.3 is 0 Å². The molecule has 0 saturated carbocycles. The molecular formula is C57H35N5O. The quantitative estimate of drug-likeness (QED) is 0.168. The van der Waals surface area contributed by atoms with Crippen molar-refractivity contribution in [3.05, 3.63) is 212 Å². The van der Waals surface area contributed by atoms with Crippen molar-refractivity contribution in [1.82, 2.24) is 24.1 Å². The topological polar surface area (TPSA) is 61.7 Å². The van der Waals surface area contributed by atoms with Crippen LogP contribution in [0.1, 0.15) is 0 Å². The van der Waals surface area contributed by atoms with Crippen molar-refractivity contribution in [2.45, 2.75) is 0 Å². The van der Waals surface area contributed by atoms with E-state index in [1.165, 1.54) is 32.6 Å². The summed E-state index contributed by atoms with van der Waals surface area (Å²) in [4.78, 5) is 15.7. The minimum atomic E-state index is 0.546. The van der Waals surface area contributed by atoms with Gasteiger partial charge in [0.05, 0.1) is 27.6 Å². The number of rotatable bonds is 6. The number of furan rings is 1. The van der Waals surface area contributed by atoms with Crippen LogP contribution in [-0.4, -0.2) is 24.1 Å². The average Bonchev–Trinajstić information content (AvgIpc) is 4.02. The summed E-state index contributed by atoms with van der Waals surface area (Å²) in [5, 5.41) is 6.91. The fraction of sp³-hybridized carbons (Fsp3) is 0. The highest BCUT2D eigenvalue weighted by Crippen LogP contribution is 2.40. The second-order valence-electron chi connectivity index (χ2n) is 16.0. The number of hydrogen-bond acceptors (Lipinski definition) is 4. The molecule has 294 valence electrons. The van der Waals surface area contributed by atoms with Crippen LogP contribution in [0.3, 0.4) is 0 Å². The monoisotopic (exact) mass is 805 g/mol. The van der Waals surface area contributed by atoms with Crippen molar-refractivity contribution in [2.75, 3.05) is 0 Å². The van der Waals surface area contributed by atoms with Gasteiger partial charge < -0.3 is 13.6 Å². The molecule has 0 fully saturated rings. The van der Waals surface area contributed by atoms with E-state index in [0.29, 0.717) is 17.5 Å². The highest BCUT2D eigenvalue weighted by molar-refractivity contribution is 6.13. The van der Waals surface area contributed by atoms with E-state index >= 15 is 0 Å². The molecule has 0 saturated heterocycles. The highest BCUT2D eigenvalue weighted by atomic mass is 16.3. The van der Waals surface area contributed by atoms with E-state index in [1.54, 1.807) is 0 Å². The summed E-state index contributed by atoms with van der Waals surface area (Å²) < 4.78 is 11.3. The molecule has 0 amide bonds. The molecule has 4 heterocycles. The molecule has 0 N–H and O–H groups in total. The molecule has 0 bridgehead atoms. The van der Waals surface area contributed by atoms with Crippen LogP contribution in [0, 0.1) is 0 Å². The van der Waals surface area contributed by atoms with Crippen LogP contribution in [0.25, 0.3) is 122 Å². The molecular weight excluding hydrogens is 771 g/mol. The van der Waals surface area contributed by atoms with Crippen LogP contribution in [0.15, 0.2) is 217 Å². The van der Waals surface area contributed by atoms with Crippen molar-refractivity contribution < 1.29 is 4.42 Å². The zero-order valence-electron chi connectivity index (χ0n) is 33.9. The van der Waals surface area contributed by atoms with Crippen molar-refractivity contribution in [1.29, 1.82) is 0 Å². The van der Waals surface area contributed by atoms with Gasteiger partial charge in [-0.3, -0.25) is 0 Å². The van der Waals surface area contributed by atoms with Gasteiger partial charge in [-0.2, -0.15) is 0 Å². The molecule has 0 spiro atoms. The van der Waals surface area contributed by atoms with Crippen LogP contribution < -0.4 is 0 Å². The number of nitrogens with zero attached hydrogens (tertiary/aromatic N) is 5. The zero-order valence-corrected chi connectivity index (χ0v) is 33.9. The molecule has 0 atom stereocenters. The van der Waals surface area contributed by atoms with E-state index in [0.717, 1.165) is 72.2 Å². The molecule has 0 radical (unpaired) electrons. The Balaban J connectivity index is 1.05. The van der Waals surface area contributed by atoms with Gasteiger partial charge in [-0.05, 0) is 77.9 Å². The summed E-state index contributed by atoms with van der Waals surface area (Å²) in [5.74, 6) is 1.70. The van der Waals surface area contributed by atoms with Gasteiger partial charge in [-0.15, -0.1) is 0 Å². The van der Waals surface area contributed by atoms with Crippen LogP contribution in [0.2, 0.25) is 0 Å². The normalized spacial score (nSPS) is 11.8. The second kappa shape index (κ2) is 14.0. The molecule has 0 aliphatic rings. The molecule has 6 heteroatoms. The first-order chi connectivity index (χ1) is 31.2. The maximum atomic E-state index is 6.52. The molecule has 13 rings (SSSR count). The van der Waals surface area contributed by atoms with E-state index in [9.17, 15) is 0 Å².